The van der Waals surface area contributed by atoms with Crippen LogP contribution in [0.4, 0.5) is 0 Å². The van der Waals surface area contributed by atoms with Crippen LogP contribution in [0, 0.1) is 6.92 Å². The van der Waals surface area contributed by atoms with Crippen molar-refractivity contribution in [2.24, 2.45) is 0 Å². The predicted octanol–water partition coefficient (Wildman–Crippen LogP) is 4.37. The van der Waals surface area contributed by atoms with Crippen molar-refractivity contribution in [3.05, 3.63) is 69.7 Å². The first-order valence-electron chi connectivity index (χ1n) is 8.23. The third-order valence-corrected chi connectivity index (χ3v) is 4.68. The summed E-state index contributed by atoms with van der Waals surface area (Å²) in [7, 11) is 0. The van der Waals surface area contributed by atoms with Crippen molar-refractivity contribution in [2.45, 2.75) is 13.3 Å². The van der Waals surface area contributed by atoms with Crippen molar-refractivity contribution in [1.29, 1.82) is 0 Å². The van der Waals surface area contributed by atoms with Gasteiger partial charge in [-0.3, -0.25) is 4.79 Å². The Balaban J connectivity index is 2.06. The number of carbonyl (C=O) groups is 2. The van der Waals surface area contributed by atoms with Crippen molar-refractivity contribution in [3.8, 4) is 11.5 Å². The van der Waals surface area contributed by atoms with E-state index in [9.17, 15) is 14.7 Å². The van der Waals surface area contributed by atoms with E-state index in [2.05, 4.69) is 0 Å². The fourth-order valence-electron chi connectivity index (χ4n) is 3.02. The maximum absolute atomic E-state index is 11.3. The average Bonchev–Trinajstić information content (AvgIpc) is 2.63. The summed E-state index contributed by atoms with van der Waals surface area (Å²) in [6.07, 6.45) is 0.847. The van der Waals surface area contributed by atoms with Gasteiger partial charge in [-0.05, 0) is 35.6 Å². The molecule has 3 rings (SSSR count). The van der Waals surface area contributed by atoms with E-state index in [4.69, 9.17) is 21.4 Å². The zero-order valence-corrected chi connectivity index (χ0v) is 15.3. The molecule has 0 aliphatic rings. The van der Waals surface area contributed by atoms with Gasteiger partial charge in [-0.25, -0.2) is 4.79 Å². The Morgan fingerprint density at radius 2 is 2.00 bits per heavy atom. The van der Waals surface area contributed by atoms with E-state index < -0.39 is 12.6 Å². The van der Waals surface area contributed by atoms with Crippen molar-refractivity contribution in [1.82, 2.24) is 0 Å². The van der Waals surface area contributed by atoms with Crippen LogP contribution in [-0.2, 0) is 11.2 Å². The fraction of sp³-hybridized carbons (Fsp3) is 0.143. The van der Waals surface area contributed by atoms with Crippen molar-refractivity contribution in [2.75, 3.05) is 6.61 Å². The minimum absolute atomic E-state index is 0.163. The molecular formula is C21H17ClO5. The van der Waals surface area contributed by atoms with Crippen molar-refractivity contribution < 1.29 is 24.5 Å². The number of carbonyl (C=O) groups excluding carboxylic acids is 1. The summed E-state index contributed by atoms with van der Waals surface area (Å²) in [6.45, 7) is 1.11. The normalized spacial score (nSPS) is 10.7. The smallest absolute Gasteiger partial charge is 0.341 e. The molecule has 0 aliphatic carbocycles. The van der Waals surface area contributed by atoms with E-state index in [-0.39, 0.29) is 23.5 Å². The molecule has 0 saturated carbocycles. The number of hydrogen-bond acceptors (Lipinski definition) is 4. The van der Waals surface area contributed by atoms with Crippen LogP contribution in [0.1, 0.15) is 27.0 Å². The highest BCUT2D eigenvalue weighted by molar-refractivity contribution is 6.35. The largest absolute Gasteiger partial charge is 0.507 e. The minimum Gasteiger partial charge on any atom is -0.507 e. The Labute approximate surface area is 160 Å². The van der Waals surface area contributed by atoms with Gasteiger partial charge in [0.2, 0.25) is 0 Å². The van der Waals surface area contributed by atoms with E-state index in [1.807, 2.05) is 36.4 Å². The summed E-state index contributed by atoms with van der Waals surface area (Å²) >= 11 is 6.19. The Kier molecular flexibility index (Phi) is 5.33. The number of aldehydes is 1. The number of carboxylic acids is 1. The third-order valence-electron chi connectivity index (χ3n) is 4.35. The van der Waals surface area contributed by atoms with Crippen LogP contribution in [0.3, 0.4) is 0 Å². The molecule has 0 atom stereocenters. The van der Waals surface area contributed by atoms with E-state index >= 15 is 0 Å². The quantitative estimate of drug-likeness (QED) is 0.616. The van der Waals surface area contributed by atoms with E-state index in [0.29, 0.717) is 22.4 Å². The summed E-state index contributed by atoms with van der Waals surface area (Å²) < 4.78 is 5.34. The highest BCUT2D eigenvalue weighted by Crippen LogP contribution is 2.36. The van der Waals surface area contributed by atoms with Gasteiger partial charge >= 0.3 is 5.97 Å². The Bertz CT molecular complexity index is 1040. The van der Waals surface area contributed by atoms with Crippen LogP contribution < -0.4 is 4.74 Å². The fourth-order valence-corrected chi connectivity index (χ4v) is 3.27. The van der Waals surface area contributed by atoms with Crippen LogP contribution in [0.25, 0.3) is 10.8 Å². The first kappa shape index (κ1) is 18.7. The molecule has 0 aromatic heterocycles. The van der Waals surface area contributed by atoms with Gasteiger partial charge in [-0.2, -0.15) is 0 Å². The number of benzene rings is 3. The molecule has 3 aromatic rings. The van der Waals surface area contributed by atoms with Gasteiger partial charge in [0.25, 0.3) is 0 Å². The number of phenols is 1. The Morgan fingerprint density at radius 3 is 2.70 bits per heavy atom. The number of hydrogen-bond donors (Lipinski definition) is 2. The molecule has 3 aromatic carbocycles. The molecular weight excluding hydrogens is 368 g/mol. The molecule has 0 radical (unpaired) electrons. The molecule has 0 heterocycles. The molecule has 138 valence electrons. The summed E-state index contributed by atoms with van der Waals surface area (Å²) in [5.74, 6) is -1.08. The summed E-state index contributed by atoms with van der Waals surface area (Å²) in [4.78, 5) is 22.2. The predicted molar refractivity (Wildman–Crippen MR) is 103 cm³/mol. The van der Waals surface area contributed by atoms with Gasteiger partial charge in [0.1, 0.15) is 11.5 Å². The second kappa shape index (κ2) is 7.68. The molecule has 2 N–H and O–H groups in total. The third kappa shape index (κ3) is 3.88. The molecule has 6 heteroatoms. The Hall–Kier alpha value is -3.05. The lowest BCUT2D eigenvalue weighted by molar-refractivity contribution is -0.139. The Morgan fingerprint density at radius 1 is 1.22 bits per heavy atom. The van der Waals surface area contributed by atoms with Crippen LogP contribution in [-0.4, -0.2) is 29.1 Å². The lowest BCUT2D eigenvalue weighted by atomic mass is 9.96. The molecule has 0 unspecified atom stereocenters. The number of halogens is 1. The number of phenolic OH excluding ortho intramolecular Hbond substituents is 1. The number of aliphatic carboxylic acids is 1. The van der Waals surface area contributed by atoms with Crippen LogP contribution in [0.2, 0.25) is 5.02 Å². The zero-order chi connectivity index (χ0) is 19.6. The molecule has 5 nitrogen and oxygen atoms in total. The first-order chi connectivity index (χ1) is 12.9. The minimum atomic E-state index is -1.13. The van der Waals surface area contributed by atoms with Crippen LogP contribution in [0.15, 0.2) is 42.5 Å². The van der Waals surface area contributed by atoms with Crippen LogP contribution >= 0.6 is 11.6 Å². The average molecular weight is 385 g/mol. The second-order valence-corrected chi connectivity index (χ2v) is 6.61. The second-order valence-electron chi connectivity index (χ2n) is 6.20. The SMILES string of the molecule is Cc1cc(OCC(=O)O)c(Cc2ccc3c(Cl)cccc3c2)c(O)c1C=O. The van der Waals surface area contributed by atoms with E-state index in [1.54, 1.807) is 13.0 Å². The lowest BCUT2D eigenvalue weighted by Gasteiger charge is -2.16. The monoisotopic (exact) mass is 384 g/mol. The number of aryl methyl sites for hydroxylation is 1. The van der Waals surface area contributed by atoms with Crippen LogP contribution in [0.5, 0.6) is 11.5 Å². The summed E-state index contributed by atoms with van der Waals surface area (Å²) in [6, 6.07) is 12.8. The zero-order valence-electron chi connectivity index (χ0n) is 14.5. The van der Waals surface area contributed by atoms with Crippen molar-refractivity contribution in [3.63, 3.8) is 0 Å². The molecule has 0 fully saturated rings. The summed E-state index contributed by atoms with van der Waals surface area (Å²) in [5, 5.41) is 21.9. The molecule has 0 bridgehead atoms. The molecule has 0 amide bonds. The maximum atomic E-state index is 11.3. The lowest BCUT2D eigenvalue weighted by Crippen LogP contribution is -2.11. The highest BCUT2D eigenvalue weighted by Gasteiger charge is 2.18. The molecule has 27 heavy (non-hydrogen) atoms. The topological polar surface area (TPSA) is 83.8 Å². The number of rotatable bonds is 6. The maximum Gasteiger partial charge on any atom is 0.341 e. The highest BCUT2D eigenvalue weighted by atomic mass is 35.5. The molecule has 0 aliphatic heterocycles. The standard InChI is InChI=1S/C21H17ClO5/c1-12-7-19(27-11-20(24)25)16(21(26)17(12)10-23)9-13-5-6-15-14(8-13)3-2-4-18(15)22/h2-8,10,26H,9,11H2,1H3,(H,24,25). The van der Waals surface area contributed by atoms with Gasteiger partial charge in [0, 0.05) is 22.4 Å². The van der Waals surface area contributed by atoms with Gasteiger partial charge in [0.05, 0.1) is 5.56 Å². The summed E-state index contributed by atoms with van der Waals surface area (Å²) in [5.41, 5.74) is 1.90. The van der Waals surface area contributed by atoms with E-state index in [0.717, 1.165) is 16.3 Å². The number of ether oxygens (including phenoxy) is 1. The van der Waals surface area contributed by atoms with Gasteiger partial charge in [-0.1, -0.05) is 41.9 Å². The molecule has 0 spiro atoms. The van der Waals surface area contributed by atoms with Gasteiger partial charge in [0.15, 0.2) is 12.9 Å². The number of carboxylic acid groups (broad SMARTS) is 1. The van der Waals surface area contributed by atoms with Crippen molar-refractivity contribution >= 4 is 34.6 Å². The van der Waals surface area contributed by atoms with E-state index in [1.165, 1.54) is 0 Å². The van der Waals surface area contributed by atoms with Gasteiger partial charge in [-0.15, -0.1) is 0 Å². The van der Waals surface area contributed by atoms with Gasteiger partial charge < -0.3 is 14.9 Å². The number of aromatic hydroxyl groups is 1. The number of fused-ring (bicyclic) bond motifs is 1. The first-order valence-corrected chi connectivity index (χ1v) is 8.61. The molecule has 0 saturated heterocycles.